The summed E-state index contributed by atoms with van der Waals surface area (Å²) in [6.07, 6.45) is 3.22. The number of amides is 2. The molecule has 0 aliphatic carbocycles. The maximum absolute atomic E-state index is 12.7. The average Bonchev–Trinajstić information content (AvgIpc) is 3.18. The second-order valence-electron chi connectivity index (χ2n) is 6.94. The van der Waals surface area contributed by atoms with E-state index in [4.69, 9.17) is 0 Å². The molecule has 0 aliphatic rings. The zero-order valence-electron chi connectivity index (χ0n) is 17.8. The van der Waals surface area contributed by atoms with E-state index in [1.807, 2.05) is 6.92 Å². The number of anilines is 1. The van der Waals surface area contributed by atoms with Crippen molar-refractivity contribution in [3.8, 4) is 5.75 Å². The van der Waals surface area contributed by atoms with Crippen LogP contribution in [-0.2, 0) is 10.0 Å². The predicted molar refractivity (Wildman–Crippen MR) is 113 cm³/mol. The summed E-state index contributed by atoms with van der Waals surface area (Å²) in [5.74, 6) is -1.64. The lowest BCUT2D eigenvalue weighted by Gasteiger charge is -2.20. The number of nitrogens with zero attached hydrogens (tertiary/aromatic N) is 2. The standard InChI is InChI=1S/C19H25F2N5O5S/c1-4-12(9-10-26(2)32(3,29)30)23-18(28)16-14(11-22-25-16)24-17(27)13-7-5-6-8-15(13)31-19(20)21/h5-8,11-12,19H,4,9-10H2,1-3H3,(H,22,25)(H,23,28)(H,24,27). The van der Waals surface area contributed by atoms with Gasteiger partial charge in [0.05, 0.1) is 23.7 Å². The van der Waals surface area contributed by atoms with Gasteiger partial charge in [-0.15, -0.1) is 0 Å². The predicted octanol–water partition coefficient (Wildman–Crippen LogP) is 2.05. The van der Waals surface area contributed by atoms with Crippen molar-refractivity contribution in [2.24, 2.45) is 0 Å². The van der Waals surface area contributed by atoms with Gasteiger partial charge in [-0.3, -0.25) is 14.7 Å². The molecule has 1 heterocycles. The zero-order chi connectivity index (χ0) is 23.9. The van der Waals surface area contributed by atoms with Crippen molar-refractivity contribution >= 4 is 27.5 Å². The van der Waals surface area contributed by atoms with Crippen LogP contribution >= 0.6 is 0 Å². The number of aromatic amines is 1. The van der Waals surface area contributed by atoms with Crippen LogP contribution in [0.15, 0.2) is 30.5 Å². The Morgan fingerprint density at radius 2 is 1.94 bits per heavy atom. The van der Waals surface area contributed by atoms with Crippen LogP contribution in [0.5, 0.6) is 5.75 Å². The van der Waals surface area contributed by atoms with E-state index in [9.17, 15) is 26.8 Å². The van der Waals surface area contributed by atoms with Gasteiger partial charge < -0.3 is 15.4 Å². The van der Waals surface area contributed by atoms with E-state index in [0.29, 0.717) is 12.8 Å². The molecule has 2 aromatic rings. The van der Waals surface area contributed by atoms with Crippen LogP contribution in [0.1, 0.15) is 40.6 Å². The van der Waals surface area contributed by atoms with E-state index >= 15 is 0 Å². The Balaban J connectivity index is 2.08. The minimum atomic E-state index is -3.34. The lowest BCUT2D eigenvalue weighted by Crippen LogP contribution is -2.38. The smallest absolute Gasteiger partial charge is 0.387 e. The Morgan fingerprint density at radius 1 is 1.25 bits per heavy atom. The number of benzene rings is 1. The van der Waals surface area contributed by atoms with E-state index in [1.54, 1.807) is 0 Å². The molecule has 10 nitrogen and oxygen atoms in total. The van der Waals surface area contributed by atoms with Gasteiger partial charge in [-0.05, 0) is 25.0 Å². The molecule has 0 saturated carbocycles. The molecule has 0 aliphatic heterocycles. The second-order valence-corrected chi connectivity index (χ2v) is 9.03. The van der Waals surface area contributed by atoms with Gasteiger partial charge in [0.1, 0.15) is 11.4 Å². The summed E-state index contributed by atoms with van der Waals surface area (Å²) in [5.41, 5.74) is -0.140. The normalized spacial score (nSPS) is 12.6. The van der Waals surface area contributed by atoms with E-state index in [1.165, 1.54) is 41.8 Å². The van der Waals surface area contributed by atoms with Gasteiger partial charge in [-0.2, -0.15) is 13.9 Å². The van der Waals surface area contributed by atoms with Crippen LogP contribution in [0.25, 0.3) is 0 Å². The van der Waals surface area contributed by atoms with Gasteiger partial charge in [-0.1, -0.05) is 19.1 Å². The summed E-state index contributed by atoms with van der Waals surface area (Å²) in [6.45, 7) is -1.06. The molecule has 1 aromatic carbocycles. The zero-order valence-corrected chi connectivity index (χ0v) is 18.6. The van der Waals surface area contributed by atoms with E-state index < -0.39 is 28.4 Å². The first-order chi connectivity index (χ1) is 15.0. The number of H-pyrrole nitrogens is 1. The fourth-order valence-corrected chi connectivity index (χ4v) is 3.17. The highest BCUT2D eigenvalue weighted by molar-refractivity contribution is 7.88. The molecule has 2 amide bonds. The van der Waals surface area contributed by atoms with Gasteiger partial charge in [0.2, 0.25) is 10.0 Å². The number of para-hydroxylation sites is 1. The third-order valence-corrected chi connectivity index (χ3v) is 5.96. The van der Waals surface area contributed by atoms with Crippen molar-refractivity contribution in [1.82, 2.24) is 19.8 Å². The van der Waals surface area contributed by atoms with Crippen molar-refractivity contribution in [2.45, 2.75) is 32.4 Å². The quantitative estimate of drug-likeness (QED) is 0.457. The SMILES string of the molecule is CCC(CCN(C)S(C)(=O)=O)NC(=O)c1[nH]ncc1NC(=O)c1ccccc1OC(F)F. The van der Waals surface area contributed by atoms with Gasteiger partial charge in [0.25, 0.3) is 11.8 Å². The molecule has 3 N–H and O–H groups in total. The number of ether oxygens (including phenoxy) is 1. The summed E-state index contributed by atoms with van der Waals surface area (Å²) in [4.78, 5) is 25.2. The van der Waals surface area contributed by atoms with Crippen LogP contribution in [0.3, 0.4) is 0 Å². The maximum atomic E-state index is 12.7. The third kappa shape index (κ3) is 6.99. The van der Waals surface area contributed by atoms with Crippen molar-refractivity contribution in [3.05, 3.63) is 41.7 Å². The summed E-state index contributed by atoms with van der Waals surface area (Å²) in [5, 5.41) is 11.5. The molecular formula is C19H25F2N5O5S. The Kier molecular flexibility index (Phi) is 8.66. The number of sulfonamides is 1. The first kappa shape index (κ1) is 25.2. The van der Waals surface area contributed by atoms with Crippen LogP contribution in [-0.4, -0.2) is 67.2 Å². The number of alkyl halides is 2. The highest BCUT2D eigenvalue weighted by atomic mass is 32.2. The number of hydrogen-bond donors (Lipinski definition) is 3. The Labute approximate surface area is 184 Å². The van der Waals surface area contributed by atoms with E-state index in [2.05, 4.69) is 25.6 Å². The molecule has 1 unspecified atom stereocenters. The Bertz CT molecular complexity index is 1040. The Hall–Kier alpha value is -3.06. The highest BCUT2D eigenvalue weighted by Crippen LogP contribution is 2.22. The van der Waals surface area contributed by atoms with Crippen molar-refractivity contribution in [1.29, 1.82) is 0 Å². The number of carbonyl (C=O) groups excluding carboxylic acids is 2. The van der Waals surface area contributed by atoms with Crippen LogP contribution < -0.4 is 15.4 Å². The molecule has 1 atom stereocenters. The minimum absolute atomic E-state index is 0.0412. The van der Waals surface area contributed by atoms with Gasteiger partial charge >= 0.3 is 6.61 Å². The molecule has 13 heteroatoms. The van der Waals surface area contributed by atoms with E-state index in [-0.39, 0.29) is 35.3 Å². The molecule has 0 saturated heterocycles. The first-order valence-corrected chi connectivity index (χ1v) is 11.5. The molecule has 1 aromatic heterocycles. The van der Waals surface area contributed by atoms with Crippen molar-refractivity contribution < 1.29 is 31.5 Å². The Morgan fingerprint density at radius 3 is 2.56 bits per heavy atom. The average molecular weight is 474 g/mol. The number of rotatable bonds is 11. The number of nitrogens with one attached hydrogen (secondary N) is 3. The second kappa shape index (κ2) is 11.0. The number of carbonyl (C=O) groups is 2. The van der Waals surface area contributed by atoms with Crippen molar-refractivity contribution in [3.63, 3.8) is 0 Å². The number of halogens is 2. The minimum Gasteiger partial charge on any atom is -0.434 e. The molecule has 0 radical (unpaired) electrons. The summed E-state index contributed by atoms with van der Waals surface area (Å²) in [7, 11) is -1.89. The third-order valence-electron chi connectivity index (χ3n) is 4.65. The number of hydrogen-bond acceptors (Lipinski definition) is 6. The van der Waals surface area contributed by atoms with E-state index in [0.717, 1.165) is 6.26 Å². The maximum Gasteiger partial charge on any atom is 0.387 e. The summed E-state index contributed by atoms with van der Waals surface area (Å²) < 4.78 is 53.8. The van der Waals surface area contributed by atoms with Gasteiger partial charge in [0, 0.05) is 19.6 Å². The molecular weight excluding hydrogens is 448 g/mol. The lowest BCUT2D eigenvalue weighted by atomic mass is 10.1. The first-order valence-electron chi connectivity index (χ1n) is 9.63. The molecule has 0 bridgehead atoms. The van der Waals surface area contributed by atoms with Crippen LogP contribution in [0.4, 0.5) is 14.5 Å². The van der Waals surface area contributed by atoms with Gasteiger partial charge in [-0.25, -0.2) is 12.7 Å². The molecule has 176 valence electrons. The molecule has 0 spiro atoms. The van der Waals surface area contributed by atoms with Crippen LogP contribution in [0.2, 0.25) is 0 Å². The topological polar surface area (TPSA) is 133 Å². The largest absolute Gasteiger partial charge is 0.434 e. The molecule has 0 fully saturated rings. The highest BCUT2D eigenvalue weighted by Gasteiger charge is 2.22. The fraction of sp³-hybridized carbons (Fsp3) is 0.421. The lowest BCUT2D eigenvalue weighted by molar-refractivity contribution is -0.0501. The summed E-state index contributed by atoms with van der Waals surface area (Å²) >= 11 is 0. The van der Waals surface area contributed by atoms with Crippen LogP contribution in [0, 0.1) is 0 Å². The fourth-order valence-electron chi connectivity index (χ4n) is 2.74. The molecule has 32 heavy (non-hydrogen) atoms. The summed E-state index contributed by atoms with van der Waals surface area (Å²) in [6, 6.07) is 5.12. The molecule has 2 rings (SSSR count). The number of aromatic nitrogens is 2. The monoisotopic (exact) mass is 473 g/mol. The van der Waals surface area contributed by atoms with Crippen molar-refractivity contribution in [2.75, 3.05) is 25.2 Å². The van der Waals surface area contributed by atoms with Gasteiger partial charge in [0.15, 0.2) is 0 Å².